The molecule has 0 aromatic rings. The number of hydrogen-bond acceptors (Lipinski definition) is 3. The van der Waals surface area contributed by atoms with Crippen LogP contribution in [0.4, 0.5) is 0 Å². The molecule has 0 amide bonds. The second-order valence-corrected chi connectivity index (χ2v) is 9.55. The van der Waals surface area contributed by atoms with Crippen LogP contribution >= 0.6 is 23.5 Å². The number of hydrogen-bond donors (Lipinski definition) is 1. The van der Waals surface area contributed by atoms with Crippen molar-refractivity contribution in [2.24, 2.45) is 11.8 Å². The van der Waals surface area contributed by atoms with Crippen LogP contribution in [0.5, 0.6) is 0 Å². The number of nitrogens with one attached hydrogen (secondary N) is 1. The third-order valence-electron chi connectivity index (χ3n) is 4.98. The van der Waals surface area contributed by atoms with E-state index in [4.69, 9.17) is 0 Å². The largest absolute Gasteiger partial charge is 0.313 e. The molecule has 1 aliphatic heterocycles. The standard InChI is InChI=1S/C16H31NS2/c1-5-17-16(14-8-6-11(2)7-9-14)15-10-18-12(3)13(4)19-15/h11-17H,5-10H2,1-4H3. The molecule has 0 aromatic carbocycles. The maximum atomic E-state index is 3.84. The van der Waals surface area contributed by atoms with Gasteiger partial charge in [-0.2, -0.15) is 23.5 Å². The van der Waals surface area contributed by atoms with Gasteiger partial charge in [-0.25, -0.2) is 0 Å². The van der Waals surface area contributed by atoms with Crippen LogP contribution in [0.3, 0.4) is 0 Å². The molecule has 112 valence electrons. The minimum Gasteiger partial charge on any atom is -0.313 e. The molecule has 0 aromatic heterocycles. The van der Waals surface area contributed by atoms with E-state index in [0.29, 0.717) is 0 Å². The predicted octanol–water partition coefficient (Wildman–Crippen LogP) is 4.42. The summed E-state index contributed by atoms with van der Waals surface area (Å²) in [5, 5.41) is 6.31. The smallest absolute Gasteiger partial charge is 0.0297 e. The molecule has 1 saturated heterocycles. The fourth-order valence-electron chi connectivity index (χ4n) is 3.48. The van der Waals surface area contributed by atoms with Crippen molar-refractivity contribution in [2.45, 2.75) is 75.2 Å². The molecule has 1 saturated carbocycles. The molecule has 0 spiro atoms. The molecular weight excluding hydrogens is 270 g/mol. The molecule has 2 fully saturated rings. The average Bonchev–Trinajstić information content (AvgIpc) is 2.41. The first-order chi connectivity index (χ1) is 9.11. The monoisotopic (exact) mass is 301 g/mol. The zero-order valence-electron chi connectivity index (χ0n) is 13.0. The van der Waals surface area contributed by atoms with Crippen LogP contribution in [0.15, 0.2) is 0 Å². The molecule has 1 aliphatic carbocycles. The van der Waals surface area contributed by atoms with Crippen molar-refractivity contribution in [1.82, 2.24) is 5.32 Å². The first-order valence-corrected chi connectivity index (χ1v) is 10.1. The predicted molar refractivity (Wildman–Crippen MR) is 91.3 cm³/mol. The first kappa shape index (κ1) is 16.0. The summed E-state index contributed by atoms with van der Waals surface area (Å²) in [5.41, 5.74) is 0. The Morgan fingerprint density at radius 1 is 1.05 bits per heavy atom. The van der Waals surface area contributed by atoms with E-state index < -0.39 is 0 Å². The van der Waals surface area contributed by atoms with Crippen LogP contribution in [0, 0.1) is 11.8 Å². The lowest BCUT2D eigenvalue weighted by Gasteiger charge is -2.41. The fraction of sp³-hybridized carbons (Fsp3) is 1.00. The van der Waals surface area contributed by atoms with Crippen molar-refractivity contribution < 1.29 is 0 Å². The highest BCUT2D eigenvalue weighted by atomic mass is 32.2. The Bertz CT molecular complexity index is 263. The van der Waals surface area contributed by atoms with Crippen molar-refractivity contribution in [3.05, 3.63) is 0 Å². The van der Waals surface area contributed by atoms with E-state index in [0.717, 1.165) is 40.2 Å². The molecule has 2 rings (SSSR count). The second kappa shape index (κ2) is 7.61. The Morgan fingerprint density at radius 2 is 1.74 bits per heavy atom. The maximum absolute atomic E-state index is 3.84. The minimum absolute atomic E-state index is 0.755. The van der Waals surface area contributed by atoms with Gasteiger partial charge in [0.05, 0.1) is 0 Å². The number of rotatable bonds is 4. The van der Waals surface area contributed by atoms with Gasteiger partial charge in [0.1, 0.15) is 0 Å². The van der Waals surface area contributed by atoms with Gasteiger partial charge in [-0.15, -0.1) is 0 Å². The third-order valence-corrected chi connectivity index (χ3v) is 8.50. The summed E-state index contributed by atoms with van der Waals surface area (Å²) >= 11 is 4.45. The topological polar surface area (TPSA) is 12.0 Å². The fourth-order valence-corrected chi connectivity index (χ4v) is 6.69. The van der Waals surface area contributed by atoms with Gasteiger partial charge in [0.2, 0.25) is 0 Å². The van der Waals surface area contributed by atoms with E-state index in [1.54, 1.807) is 0 Å². The van der Waals surface area contributed by atoms with Crippen LogP contribution in [0.1, 0.15) is 53.4 Å². The van der Waals surface area contributed by atoms with Crippen molar-refractivity contribution in [3.8, 4) is 0 Å². The summed E-state index contributed by atoms with van der Waals surface area (Å²) in [5.74, 6) is 3.24. The minimum atomic E-state index is 0.755. The van der Waals surface area contributed by atoms with Crippen LogP contribution in [-0.4, -0.2) is 34.1 Å². The Kier molecular flexibility index (Phi) is 6.42. The van der Waals surface area contributed by atoms with E-state index >= 15 is 0 Å². The summed E-state index contributed by atoms with van der Waals surface area (Å²) in [6.07, 6.45) is 5.79. The second-order valence-electron chi connectivity index (χ2n) is 6.52. The van der Waals surface area contributed by atoms with E-state index in [1.807, 2.05) is 0 Å². The highest BCUT2D eigenvalue weighted by molar-refractivity contribution is 8.07. The van der Waals surface area contributed by atoms with Gasteiger partial charge in [-0.1, -0.05) is 40.5 Å². The number of thioether (sulfide) groups is 2. The normalized spacial score (nSPS) is 42.0. The third kappa shape index (κ3) is 4.31. The van der Waals surface area contributed by atoms with Crippen LogP contribution in [-0.2, 0) is 0 Å². The van der Waals surface area contributed by atoms with Gasteiger partial charge >= 0.3 is 0 Å². The van der Waals surface area contributed by atoms with Gasteiger partial charge in [-0.05, 0) is 31.2 Å². The molecule has 4 atom stereocenters. The van der Waals surface area contributed by atoms with E-state index in [1.165, 1.54) is 31.4 Å². The van der Waals surface area contributed by atoms with E-state index in [-0.39, 0.29) is 0 Å². The molecule has 4 unspecified atom stereocenters. The molecule has 1 nitrogen and oxygen atoms in total. The van der Waals surface area contributed by atoms with Gasteiger partial charge in [0.15, 0.2) is 0 Å². The highest BCUT2D eigenvalue weighted by Crippen LogP contribution is 2.41. The van der Waals surface area contributed by atoms with Crippen molar-refractivity contribution in [2.75, 3.05) is 12.3 Å². The molecule has 1 heterocycles. The molecule has 19 heavy (non-hydrogen) atoms. The summed E-state index contributed by atoms with van der Waals surface area (Å²) in [6.45, 7) is 10.6. The molecule has 3 heteroatoms. The highest BCUT2D eigenvalue weighted by Gasteiger charge is 2.36. The van der Waals surface area contributed by atoms with Gasteiger partial charge < -0.3 is 5.32 Å². The van der Waals surface area contributed by atoms with Gasteiger partial charge in [-0.3, -0.25) is 0 Å². The first-order valence-electron chi connectivity index (χ1n) is 8.12. The lowest BCUT2D eigenvalue weighted by Crippen LogP contribution is -2.48. The van der Waals surface area contributed by atoms with Gasteiger partial charge in [0.25, 0.3) is 0 Å². The summed E-state index contributed by atoms with van der Waals surface area (Å²) in [7, 11) is 0. The maximum Gasteiger partial charge on any atom is 0.0297 e. The Labute approximate surface area is 128 Å². The van der Waals surface area contributed by atoms with Crippen LogP contribution in [0.25, 0.3) is 0 Å². The molecule has 1 N–H and O–H groups in total. The van der Waals surface area contributed by atoms with Crippen LogP contribution in [0.2, 0.25) is 0 Å². The van der Waals surface area contributed by atoms with E-state index in [9.17, 15) is 0 Å². The molecular formula is C16H31NS2. The summed E-state index contributed by atoms with van der Waals surface area (Å²) in [4.78, 5) is 0. The van der Waals surface area contributed by atoms with Crippen molar-refractivity contribution in [3.63, 3.8) is 0 Å². The lowest BCUT2D eigenvalue weighted by molar-refractivity contribution is 0.231. The van der Waals surface area contributed by atoms with Crippen molar-refractivity contribution in [1.29, 1.82) is 0 Å². The quantitative estimate of drug-likeness (QED) is 0.825. The Morgan fingerprint density at radius 3 is 2.32 bits per heavy atom. The Balaban J connectivity index is 1.95. The molecule has 0 radical (unpaired) electrons. The summed E-state index contributed by atoms with van der Waals surface area (Å²) in [6, 6.07) is 0.755. The zero-order valence-corrected chi connectivity index (χ0v) is 14.7. The Hall–Kier alpha value is 0.660. The molecule has 2 aliphatic rings. The SMILES string of the molecule is CCNC(C1CCC(C)CC1)C1CSC(C)C(C)S1. The average molecular weight is 302 g/mol. The lowest BCUT2D eigenvalue weighted by atomic mass is 9.78. The zero-order chi connectivity index (χ0) is 13.8. The summed E-state index contributed by atoms with van der Waals surface area (Å²) < 4.78 is 0. The molecule has 0 bridgehead atoms. The van der Waals surface area contributed by atoms with E-state index in [2.05, 4.69) is 56.5 Å². The van der Waals surface area contributed by atoms with Crippen LogP contribution < -0.4 is 5.32 Å². The van der Waals surface area contributed by atoms with Gasteiger partial charge in [0, 0.05) is 27.5 Å². The van der Waals surface area contributed by atoms with Crippen molar-refractivity contribution >= 4 is 23.5 Å².